The molecule has 0 aliphatic carbocycles. The average Bonchev–Trinajstić information content (AvgIpc) is 3.48. The molecule has 3 heterocycles. The van der Waals surface area contributed by atoms with Crippen LogP contribution in [-0.2, 0) is 4.79 Å². The molecule has 7 nitrogen and oxygen atoms in total. The van der Waals surface area contributed by atoms with Crippen LogP contribution in [0.2, 0.25) is 0 Å². The van der Waals surface area contributed by atoms with E-state index in [2.05, 4.69) is 10.4 Å². The molecule has 1 aliphatic heterocycles. The molecule has 2 aromatic heterocycles. The largest absolute Gasteiger partial charge is 0.478 e. The van der Waals surface area contributed by atoms with E-state index in [9.17, 15) is 9.59 Å². The van der Waals surface area contributed by atoms with Gasteiger partial charge in [0, 0.05) is 11.6 Å². The first-order valence-corrected chi connectivity index (χ1v) is 11.4. The number of nitrogens with zero attached hydrogens (tertiary/aromatic N) is 2. The maximum absolute atomic E-state index is 12.9. The third-order valence-electron chi connectivity index (χ3n) is 4.61. The van der Waals surface area contributed by atoms with Crippen LogP contribution in [0.1, 0.15) is 16.1 Å². The van der Waals surface area contributed by atoms with E-state index < -0.39 is 5.97 Å². The van der Waals surface area contributed by atoms with Crippen molar-refractivity contribution in [2.45, 2.75) is 0 Å². The fourth-order valence-corrected chi connectivity index (χ4v) is 5.09. The molecule has 0 radical (unpaired) electrons. The second-order valence-corrected chi connectivity index (χ2v) is 9.41. The number of hydrogen-bond acceptors (Lipinski definition) is 8. The first-order chi connectivity index (χ1) is 15.5. The molecule has 0 saturated carbocycles. The number of anilines is 1. The summed E-state index contributed by atoms with van der Waals surface area (Å²) in [5.74, 6) is -0.222. The lowest BCUT2D eigenvalue weighted by Gasteiger charge is -2.14. The van der Waals surface area contributed by atoms with Gasteiger partial charge in [0.1, 0.15) is 11.5 Å². The summed E-state index contributed by atoms with van der Waals surface area (Å²) in [6, 6.07) is 17.6. The molecule has 158 valence electrons. The molecule has 0 spiro atoms. The maximum atomic E-state index is 12.9. The fraction of sp³-hybridized carbons (Fsp3) is 0. The highest BCUT2D eigenvalue weighted by molar-refractivity contribution is 8.26. The number of amides is 1. The van der Waals surface area contributed by atoms with Crippen LogP contribution in [0.15, 0.2) is 70.0 Å². The Morgan fingerprint density at radius 2 is 1.91 bits per heavy atom. The molecule has 1 saturated heterocycles. The minimum absolute atomic E-state index is 0.199. The van der Waals surface area contributed by atoms with Crippen molar-refractivity contribution in [1.29, 1.82) is 0 Å². The van der Waals surface area contributed by atoms with E-state index in [1.807, 2.05) is 24.3 Å². The highest BCUT2D eigenvalue weighted by Crippen LogP contribution is 2.35. The predicted molar refractivity (Wildman–Crippen MR) is 129 cm³/mol. The topological polar surface area (TPSA) is 95.7 Å². The zero-order valence-corrected chi connectivity index (χ0v) is 18.6. The van der Waals surface area contributed by atoms with Crippen LogP contribution in [0.25, 0.3) is 27.6 Å². The van der Waals surface area contributed by atoms with Crippen molar-refractivity contribution in [3.05, 3.63) is 76.9 Å². The van der Waals surface area contributed by atoms with Gasteiger partial charge in [-0.1, -0.05) is 47.4 Å². The summed E-state index contributed by atoms with van der Waals surface area (Å²) in [5, 5.41) is 10.9. The Labute approximate surface area is 195 Å². The molecule has 1 fully saturated rings. The summed E-state index contributed by atoms with van der Waals surface area (Å²) in [7, 11) is 0. The number of rotatable bonds is 5. The highest BCUT2D eigenvalue weighted by atomic mass is 32.2. The van der Waals surface area contributed by atoms with E-state index in [0.29, 0.717) is 25.9 Å². The Hall–Kier alpha value is -3.47. The van der Waals surface area contributed by atoms with E-state index in [0.717, 1.165) is 15.8 Å². The molecule has 5 rings (SSSR count). The number of hydrazine groups is 1. The number of aromatic carboxylic acids is 1. The van der Waals surface area contributed by atoms with Crippen molar-refractivity contribution >= 4 is 72.9 Å². The first kappa shape index (κ1) is 20.4. The summed E-state index contributed by atoms with van der Waals surface area (Å²) in [5.41, 5.74) is 4.78. The SMILES string of the molecule is O=C(O)c1ccc(-c2ccc(/C=C3\SC(=S)N(Nc4nc5ccccc5s4)C3=O)o2)cc1. The normalized spacial score (nSPS) is 15.1. The summed E-state index contributed by atoms with van der Waals surface area (Å²) < 4.78 is 7.21. The minimum atomic E-state index is -0.988. The zero-order chi connectivity index (χ0) is 22.2. The number of nitrogens with one attached hydrogen (secondary N) is 1. The van der Waals surface area contributed by atoms with Gasteiger partial charge in [0.2, 0.25) is 5.13 Å². The van der Waals surface area contributed by atoms with Crippen LogP contribution >= 0.6 is 35.3 Å². The molecular formula is C22H13N3O4S3. The van der Waals surface area contributed by atoms with E-state index >= 15 is 0 Å². The lowest BCUT2D eigenvalue weighted by atomic mass is 10.1. The summed E-state index contributed by atoms with van der Waals surface area (Å²) in [6.45, 7) is 0. The van der Waals surface area contributed by atoms with Gasteiger partial charge in [-0.15, -0.1) is 0 Å². The number of carbonyl (C=O) groups is 2. The van der Waals surface area contributed by atoms with Gasteiger partial charge in [0.05, 0.1) is 20.7 Å². The van der Waals surface area contributed by atoms with Crippen molar-refractivity contribution < 1.29 is 19.1 Å². The molecule has 0 unspecified atom stereocenters. The van der Waals surface area contributed by atoms with E-state index in [-0.39, 0.29) is 11.5 Å². The maximum Gasteiger partial charge on any atom is 0.335 e. The molecule has 0 atom stereocenters. The molecule has 0 bridgehead atoms. The second kappa shape index (κ2) is 8.23. The Morgan fingerprint density at radius 1 is 1.12 bits per heavy atom. The molecule has 1 aliphatic rings. The van der Waals surface area contributed by atoms with Crippen molar-refractivity contribution in [2.75, 3.05) is 5.43 Å². The second-order valence-electron chi connectivity index (χ2n) is 6.70. The molecule has 10 heteroatoms. The average molecular weight is 480 g/mol. The molecule has 2 aromatic carbocycles. The molecular weight excluding hydrogens is 466 g/mol. The number of benzene rings is 2. The number of para-hydroxylation sites is 1. The number of hydrogen-bond donors (Lipinski definition) is 2. The Kier molecular flexibility index (Phi) is 5.25. The number of aromatic nitrogens is 1. The van der Waals surface area contributed by atoms with Gasteiger partial charge in [0.15, 0.2) is 4.32 Å². The zero-order valence-electron chi connectivity index (χ0n) is 16.1. The third kappa shape index (κ3) is 3.91. The third-order valence-corrected chi connectivity index (χ3v) is 6.85. The lowest BCUT2D eigenvalue weighted by molar-refractivity contribution is -0.121. The molecule has 32 heavy (non-hydrogen) atoms. The van der Waals surface area contributed by atoms with Gasteiger partial charge >= 0.3 is 5.97 Å². The number of thiocarbonyl (C=S) groups is 1. The molecule has 4 aromatic rings. The van der Waals surface area contributed by atoms with Gasteiger partial charge < -0.3 is 9.52 Å². The van der Waals surface area contributed by atoms with Crippen LogP contribution < -0.4 is 5.43 Å². The number of thioether (sulfide) groups is 1. The van der Waals surface area contributed by atoms with Gasteiger partial charge in [-0.05, 0) is 48.6 Å². The van der Waals surface area contributed by atoms with Gasteiger partial charge in [-0.25, -0.2) is 9.78 Å². The Balaban J connectivity index is 1.34. The van der Waals surface area contributed by atoms with Gasteiger partial charge in [0.25, 0.3) is 5.91 Å². The summed E-state index contributed by atoms with van der Waals surface area (Å²) >= 11 is 7.98. The summed E-state index contributed by atoms with van der Waals surface area (Å²) in [6.07, 6.45) is 1.63. The smallest absolute Gasteiger partial charge is 0.335 e. The number of fused-ring (bicyclic) bond motifs is 1. The van der Waals surface area contributed by atoms with E-state index in [1.54, 1.807) is 30.3 Å². The standard InChI is InChI=1S/C22H13N3O4S3/c26-19-18(11-14-9-10-16(29-14)12-5-7-13(8-6-12)20(27)28)32-22(30)25(19)24-21-23-15-3-1-2-4-17(15)31-21/h1-11H,(H,23,24)(H,27,28)/b18-11-. The van der Waals surface area contributed by atoms with Gasteiger partial charge in [-0.2, -0.15) is 5.01 Å². The lowest BCUT2D eigenvalue weighted by Crippen LogP contribution is -2.33. The number of furan rings is 1. The van der Waals surface area contributed by atoms with Crippen LogP contribution in [0.5, 0.6) is 0 Å². The number of carbonyl (C=O) groups excluding carboxylic acids is 1. The number of carboxylic acids is 1. The Morgan fingerprint density at radius 3 is 2.66 bits per heavy atom. The van der Waals surface area contributed by atoms with Crippen molar-refractivity contribution in [2.24, 2.45) is 0 Å². The quantitative estimate of drug-likeness (QED) is 0.287. The van der Waals surface area contributed by atoms with Crippen LogP contribution in [-0.4, -0.2) is 31.3 Å². The van der Waals surface area contributed by atoms with Crippen molar-refractivity contribution in [1.82, 2.24) is 9.99 Å². The first-order valence-electron chi connectivity index (χ1n) is 9.32. The van der Waals surface area contributed by atoms with Crippen LogP contribution in [0.4, 0.5) is 5.13 Å². The van der Waals surface area contributed by atoms with Crippen molar-refractivity contribution in [3.8, 4) is 11.3 Å². The predicted octanol–water partition coefficient (Wildman–Crippen LogP) is 5.48. The molecule has 1 amide bonds. The fourth-order valence-electron chi connectivity index (χ4n) is 3.07. The number of carboxylic acid groups (broad SMARTS) is 1. The number of thiazole rings is 1. The van der Waals surface area contributed by atoms with Crippen LogP contribution in [0, 0.1) is 0 Å². The molecule has 2 N–H and O–H groups in total. The monoisotopic (exact) mass is 479 g/mol. The van der Waals surface area contributed by atoms with Gasteiger partial charge in [-0.3, -0.25) is 10.2 Å². The summed E-state index contributed by atoms with van der Waals surface area (Å²) in [4.78, 5) is 28.8. The van der Waals surface area contributed by atoms with Crippen LogP contribution in [0.3, 0.4) is 0 Å². The van der Waals surface area contributed by atoms with E-state index in [4.69, 9.17) is 21.7 Å². The Bertz CT molecular complexity index is 1370. The minimum Gasteiger partial charge on any atom is -0.478 e. The van der Waals surface area contributed by atoms with Crippen molar-refractivity contribution in [3.63, 3.8) is 0 Å². The highest BCUT2D eigenvalue weighted by Gasteiger charge is 2.33. The van der Waals surface area contributed by atoms with E-state index in [1.165, 1.54) is 40.2 Å².